The van der Waals surface area contributed by atoms with Crippen LogP contribution in [0, 0.1) is 0 Å². The third-order valence-electron chi connectivity index (χ3n) is 1.66. The van der Waals surface area contributed by atoms with E-state index in [9.17, 15) is 4.79 Å². The van der Waals surface area contributed by atoms with Crippen LogP contribution in [-0.2, 0) is 4.79 Å². The van der Waals surface area contributed by atoms with Crippen molar-refractivity contribution in [1.82, 2.24) is 4.98 Å². The topological polar surface area (TPSA) is 30.0 Å². The molecule has 0 aliphatic carbocycles. The van der Waals surface area contributed by atoms with Gasteiger partial charge in [-0.3, -0.25) is 9.78 Å². The van der Waals surface area contributed by atoms with Crippen LogP contribution in [0.15, 0.2) is 36.7 Å². The second-order valence-electron chi connectivity index (χ2n) is 2.50. The lowest BCUT2D eigenvalue weighted by atomic mass is 10.2. The molecule has 1 aromatic rings. The average molecular weight is 177 g/mol. The van der Waals surface area contributed by atoms with Gasteiger partial charge in [0.1, 0.15) is 0 Å². The number of rotatable bonds is 1. The minimum absolute atomic E-state index is 0.129. The largest absolute Gasteiger partial charge is 0.282 e. The van der Waals surface area contributed by atoms with Crippen molar-refractivity contribution in [2.75, 3.05) is 0 Å². The van der Waals surface area contributed by atoms with E-state index < -0.39 is 0 Å². The maximum absolute atomic E-state index is 10.9. The van der Waals surface area contributed by atoms with Gasteiger partial charge in [0.25, 0.3) is 0 Å². The fourth-order valence-corrected chi connectivity index (χ4v) is 1.93. The Balaban J connectivity index is 2.23. The first-order valence-corrected chi connectivity index (χ1v) is 4.53. The number of aromatic nitrogens is 1. The molecular formula is C9H7NOS. The summed E-state index contributed by atoms with van der Waals surface area (Å²) in [6.45, 7) is 0. The predicted octanol–water partition coefficient (Wildman–Crippen LogP) is 1.95. The first-order chi connectivity index (χ1) is 5.86. The van der Waals surface area contributed by atoms with Gasteiger partial charge in [-0.25, -0.2) is 0 Å². The lowest BCUT2D eigenvalue weighted by Gasteiger charge is -2.03. The summed E-state index contributed by atoms with van der Waals surface area (Å²) in [7, 11) is 0. The van der Waals surface area contributed by atoms with Crippen LogP contribution >= 0.6 is 11.8 Å². The molecule has 12 heavy (non-hydrogen) atoms. The van der Waals surface area contributed by atoms with E-state index in [0.29, 0.717) is 0 Å². The van der Waals surface area contributed by atoms with E-state index in [1.54, 1.807) is 18.5 Å². The molecule has 2 rings (SSSR count). The molecule has 2 heterocycles. The van der Waals surface area contributed by atoms with Crippen LogP contribution in [0.25, 0.3) is 0 Å². The SMILES string of the molecule is O=C1C=CC(c2cccnc2)S1. The highest BCUT2D eigenvalue weighted by atomic mass is 32.2. The second-order valence-corrected chi connectivity index (χ2v) is 3.65. The van der Waals surface area contributed by atoms with Crippen molar-refractivity contribution in [3.63, 3.8) is 0 Å². The maximum Gasteiger partial charge on any atom is 0.212 e. The van der Waals surface area contributed by atoms with E-state index in [0.717, 1.165) is 5.56 Å². The van der Waals surface area contributed by atoms with E-state index in [-0.39, 0.29) is 10.4 Å². The Morgan fingerprint density at radius 2 is 2.42 bits per heavy atom. The molecule has 0 N–H and O–H groups in total. The number of nitrogens with zero attached hydrogens (tertiary/aromatic N) is 1. The van der Waals surface area contributed by atoms with Crippen molar-refractivity contribution in [3.8, 4) is 0 Å². The van der Waals surface area contributed by atoms with Crippen LogP contribution in [-0.4, -0.2) is 10.1 Å². The molecule has 0 bridgehead atoms. The van der Waals surface area contributed by atoms with E-state index in [2.05, 4.69) is 4.98 Å². The summed E-state index contributed by atoms with van der Waals surface area (Å²) in [4.78, 5) is 14.9. The van der Waals surface area contributed by atoms with Crippen LogP contribution in [0.4, 0.5) is 0 Å². The minimum Gasteiger partial charge on any atom is -0.282 e. The first-order valence-electron chi connectivity index (χ1n) is 3.65. The molecule has 0 aromatic carbocycles. The van der Waals surface area contributed by atoms with E-state index in [1.807, 2.05) is 18.2 Å². The number of carbonyl (C=O) groups excluding carboxylic acids is 1. The molecule has 0 saturated carbocycles. The number of hydrogen-bond acceptors (Lipinski definition) is 3. The van der Waals surface area contributed by atoms with E-state index in [4.69, 9.17) is 0 Å². The summed E-state index contributed by atoms with van der Waals surface area (Å²) in [5.74, 6) is 0. The van der Waals surface area contributed by atoms with Gasteiger partial charge >= 0.3 is 0 Å². The van der Waals surface area contributed by atoms with Crippen molar-refractivity contribution < 1.29 is 4.79 Å². The van der Waals surface area contributed by atoms with Crippen molar-refractivity contribution in [2.24, 2.45) is 0 Å². The van der Waals surface area contributed by atoms with Crippen LogP contribution < -0.4 is 0 Å². The summed E-state index contributed by atoms with van der Waals surface area (Å²) < 4.78 is 0. The van der Waals surface area contributed by atoms with E-state index >= 15 is 0 Å². The average Bonchev–Trinajstić information content (AvgIpc) is 2.54. The van der Waals surface area contributed by atoms with Crippen LogP contribution in [0.5, 0.6) is 0 Å². The molecule has 1 aromatic heterocycles. The Bertz CT molecular complexity index is 321. The zero-order chi connectivity index (χ0) is 8.39. The molecular weight excluding hydrogens is 170 g/mol. The first kappa shape index (κ1) is 7.55. The Hall–Kier alpha value is -1.09. The van der Waals surface area contributed by atoms with Gasteiger partial charge < -0.3 is 0 Å². The van der Waals surface area contributed by atoms with Crippen molar-refractivity contribution in [1.29, 1.82) is 0 Å². The van der Waals surface area contributed by atoms with Gasteiger partial charge in [-0.15, -0.1) is 0 Å². The summed E-state index contributed by atoms with van der Waals surface area (Å²) in [6, 6.07) is 3.86. The van der Waals surface area contributed by atoms with Crippen molar-refractivity contribution in [2.45, 2.75) is 5.25 Å². The van der Waals surface area contributed by atoms with Gasteiger partial charge in [0.15, 0.2) is 0 Å². The van der Waals surface area contributed by atoms with Crippen LogP contribution in [0.2, 0.25) is 0 Å². The Morgan fingerprint density at radius 3 is 3.00 bits per heavy atom. The lowest BCUT2D eigenvalue weighted by Crippen LogP contribution is -1.88. The van der Waals surface area contributed by atoms with Crippen molar-refractivity contribution >= 4 is 16.9 Å². The molecule has 3 heteroatoms. The highest BCUT2D eigenvalue weighted by molar-refractivity contribution is 8.14. The zero-order valence-electron chi connectivity index (χ0n) is 6.31. The molecule has 0 fully saturated rings. The quantitative estimate of drug-likeness (QED) is 0.656. The molecule has 1 atom stereocenters. The number of thioether (sulfide) groups is 1. The third kappa shape index (κ3) is 1.41. The summed E-state index contributed by atoms with van der Waals surface area (Å²) in [5.41, 5.74) is 1.09. The molecule has 2 nitrogen and oxygen atoms in total. The van der Waals surface area contributed by atoms with Gasteiger partial charge in [-0.05, 0) is 17.7 Å². The highest BCUT2D eigenvalue weighted by Crippen LogP contribution is 2.34. The van der Waals surface area contributed by atoms with Gasteiger partial charge in [-0.1, -0.05) is 23.9 Å². The zero-order valence-corrected chi connectivity index (χ0v) is 7.12. The normalized spacial score (nSPS) is 21.7. The van der Waals surface area contributed by atoms with E-state index in [1.165, 1.54) is 11.8 Å². The van der Waals surface area contributed by atoms with Crippen molar-refractivity contribution in [3.05, 3.63) is 42.2 Å². The molecule has 1 unspecified atom stereocenters. The molecule has 0 saturated heterocycles. The number of hydrogen-bond donors (Lipinski definition) is 0. The maximum atomic E-state index is 10.9. The summed E-state index contributed by atoms with van der Waals surface area (Å²) >= 11 is 1.33. The third-order valence-corrected chi connectivity index (χ3v) is 2.71. The summed E-state index contributed by atoms with van der Waals surface area (Å²) in [6.07, 6.45) is 7.04. The van der Waals surface area contributed by atoms with Gasteiger partial charge in [-0.2, -0.15) is 0 Å². The number of pyridine rings is 1. The Kier molecular flexibility index (Phi) is 1.96. The Labute approximate surface area is 74.7 Å². The van der Waals surface area contributed by atoms with Crippen LogP contribution in [0.3, 0.4) is 0 Å². The smallest absolute Gasteiger partial charge is 0.212 e. The lowest BCUT2D eigenvalue weighted by molar-refractivity contribution is -0.106. The summed E-state index contributed by atoms with van der Waals surface area (Å²) in [5, 5.41) is 0.301. The van der Waals surface area contributed by atoms with Gasteiger partial charge in [0, 0.05) is 12.4 Å². The van der Waals surface area contributed by atoms with Gasteiger partial charge in [0.05, 0.1) is 5.25 Å². The molecule has 0 spiro atoms. The van der Waals surface area contributed by atoms with Gasteiger partial charge in [0.2, 0.25) is 5.12 Å². The fraction of sp³-hybridized carbons (Fsp3) is 0.111. The monoisotopic (exact) mass is 177 g/mol. The predicted molar refractivity (Wildman–Crippen MR) is 48.7 cm³/mol. The minimum atomic E-state index is 0.129. The number of carbonyl (C=O) groups is 1. The molecule has 0 radical (unpaired) electrons. The van der Waals surface area contributed by atoms with Crippen LogP contribution in [0.1, 0.15) is 10.8 Å². The molecule has 1 aliphatic rings. The fourth-order valence-electron chi connectivity index (χ4n) is 1.09. The molecule has 1 aliphatic heterocycles. The molecule has 0 amide bonds. The Morgan fingerprint density at radius 1 is 1.50 bits per heavy atom. The molecule has 60 valence electrons. The highest BCUT2D eigenvalue weighted by Gasteiger charge is 2.17. The standard InChI is InChI=1S/C9H7NOS/c11-9-4-3-8(12-9)7-2-1-5-10-6-7/h1-6,8H. The second kappa shape index (κ2) is 3.11.